The lowest BCUT2D eigenvalue weighted by molar-refractivity contribution is -0.146. The second-order valence-electron chi connectivity index (χ2n) is 2.88. The molecule has 1 atom stereocenters. The Balaban J connectivity index is 2.69. The monoisotopic (exact) mass is 209 g/mol. The molecule has 0 aliphatic carbocycles. The molecule has 7 heteroatoms. The van der Waals surface area contributed by atoms with Gasteiger partial charge in [0.1, 0.15) is 0 Å². The summed E-state index contributed by atoms with van der Waals surface area (Å²) in [6, 6.07) is -0.253. The zero-order chi connectivity index (χ0) is 10.8. The Kier molecular flexibility index (Phi) is 3.10. The van der Waals surface area contributed by atoms with Gasteiger partial charge in [0.2, 0.25) is 5.89 Å². The van der Waals surface area contributed by atoms with E-state index in [2.05, 4.69) is 14.7 Å². The Bertz CT molecular complexity index is 297. The van der Waals surface area contributed by atoms with Crippen molar-refractivity contribution in [1.82, 2.24) is 10.1 Å². The summed E-state index contributed by atoms with van der Waals surface area (Å²) in [5.74, 6) is -1.33. The minimum Gasteiger partial charge on any atom is -0.339 e. The van der Waals surface area contributed by atoms with Crippen LogP contribution >= 0.6 is 0 Å². The van der Waals surface area contributed by atoms with Crippen LogP contribution in [0, 0.1) is 0 Å². The van der Waals surface area contributed by atoms with Gasteiger partial charge in [0, 0.05) is 12.5 Å². The van der Waals surface area contributed by atoms with Gasteiger partial charge in [-0.15, -0.1) is 0 Å². The number of rotatable bonds is 3. The third-order valence-corrected chi connectivity index (χ3v) is 1.68. The highest BCUT2D eigenvalue weighted by Crippen LogP contribution is 2.26. The van der Waals surface area contributed by atoms with E-state index < -0.39 is 12.0 Å². The fourth-order valence-electron chi connectivity index (χ4n) is 0.822. The van der Waals surface area contributed by atoms with Gasteiger partial charge in [0.25, 0.3) is 5.82 Å². The van der Waals surface area contributed by atoms with Crippen molar-refractivity contribution in [2.45, 2.75) is 32.0 Å². The zero-order valence-corrected chi connectivity index (χ0v) is 7.51. The van der Waals surface area contributed by atoms with Crippen LogP contribution < -0.4 is 5.73 Å². The summed E-state index contributed by atoms with van der Waals surface area (Å²) in [6.07, 6.45) is -3.75. The maximum Gasteiger partial charge on any atom is 0.455 e. The predicted molar refractivity (Wildman–Crippen MR) is 41.3 cm³/mol. The van der Waals surface area contributed by atoms with Gasteiger partial charge < -0.3 is 10.3 Å². The number of alkyl halides is 3. The number of aromatic nitrogens is 2. The second-order valence-corrected chi connectivity index (χ2v) is 2.88. The SMILES string of the molecule is CCC(N)Cc1nc(C(F)(F)F)no1. The topological polar surface area (TPSA) is 64.9 Å². The second kappa shape index (κ2) is 3.95. The van der Waals surface area contributed by atoms with Gasteiger partial charge in [-0.25, -0.2) is 0 Å². The summed E-state index contributed by atoms with van der Waals surface area (Å²) in [4.78, 5) is 3.19. The first-order chi connectivity index (χ1) is 6.43. The molecule has 0 bridgehead atoms. The minimum atomic E-state index is -4.56. The summed E-state index contributed by atoms with van der Waals surface area (Å²) >= 11 is 0. The van der Waals surface area contributed by atoms with E-state index in [1.54, 1.807) is 0 Å². The number of halogens is 3. The number of hydrogen-bond donors (Lipinski definition) is 1. The summed E-state index contributed by atoms with van der Waals surface area (Å²) in [5, 5.41) is 2.81. The fraction of sp³-hybridized carbons (Fsp3) is 0.714. The highest BCUT2D eigenvalue weighted by atomic mass is 19.4. The van der Waals surface area contributed by atoms with Crippen LogP contribution in [0.1, 0.15) is 25.1 Å². The fourth-order valence-corrected chi connectivity index (χ4v) is 0.822. The average molecular weight is 209 g/mol. The molecule has 0 saturated carbocycles. The Morgan fingerprint density at radius 1 is 1.50 bits per heavy atom. The summed E-state index contributed by atoms with van der Waals surface area (Å²) in [5.41, 5.74) is 5.51. The molecule has 1 rings (SSSR count). The van der Waals surface area contributed by atoms with E-state index in [-0.39, 0.29) is 18.4 Å². The van der Waals surface area contributed by atoms with Gasteiger partial charge in [-0.3, -0.25) is 0 Å². The first-order valence-electron chi connectivity index (χ1n) is 4.08. The van der Waals surface area contributed by atoms with Gasteiger partial charge in [-0.05, 0) is 6.42 Å². The molecule has 1 unspecified atom stereocenters. The predicted octanol–water partition coefficient (Wildman–Crippen LogP) is 1.37. The molecule has 0 radical (unpaired) electrons. The molecule has 0 aromatic carbocycles. The third kappa shape index (κ3) is 2.69. The molecule has 1 aromatic heterocycles. The van der Waals surface area contributed by atoms with Crippen LogP contribution in [-0.2, 0) is 12.6 Å². The molecular formula is C7H10F3N3O. The van der Waals surface area contributed by atoms with E-state index in [0.717, 1.165) is 0 Å². The lowest BCUT2D eigenvalue weighted by atomic mass is 10.2. The van der Waals surface area contributed by atoms with Crippen LogP contribution in [0.5, 0.6) is 0 Å². The highest BCUT2D eigenvalue weighted by molar-refractivity contribution is 4.92. The summed E-state index contributed by atoms with van der Waals surface area (Å²) in [7, 11) is 0. The minimum absolute atomic E-state index is 0.0772. The molecule has 4 nitrogen and oxygen atoms in total. The van der Waals surface area contributed by atoms with Crippen molar-refractivity contribution in [2.75, 3.05) is 0 Å². The molecule has 0 aliphatic rings. The molecule has 0 amide bonds. The van der Waals surface area contributed by atoms with Crippen molar-refractivity contribution in [3.63, 3.8) is 0 Å². The first-order valence-corrected chi connectivity index (χ1v) is 4.08. The van der Waals surface area contributed by atoms with Crippen LogP contribution in [0.4, 0.5) is 13.2 Å². The number of nitrogens with two attached hydrogens (primary N) is 1. The van der Waals surface area contributed by atoms with Gasteiger partial charge in [0.05, 0.1) is 0 Å². The van der Waals surface area contributed by atoms with E-state index in [1.807, 2.05) is 6.92 Å². The van der Waals surface area contributed by atoms with Crippen molar-refractivity contribution >= 4 is 0 Å². The molecule has 0 aliphatic heterocycles. The van der Waals surface area contributed by atoms with Crippen LogP contribution in [0.25, 0.3) is 0 Å². The van der Waals surface area contributed by atoms with Crippen molar-refractivity contribution in [1.29, 1.82) is 0 Å². The molecule has 0 fully saturated rings. The van der Waals surface area contributed by atoms with Crippen LogP contribution in [0.3, 0.4) is 0 Å². The molecule has 1 heterocycles. The molecular weight excluding hydrogens is 199 g/mol. The molecule has 0 spiro atoms. The molecule has 0 saturated heterocycles. The molecule has 80 valence electrons. The van der Waals surface area contributed by atoms with Crippen molar-refractivity contribution in [3.8, 4) is 0 Å². The lowest BCUT2D eigenvalue weighted by Gasteiger charge is -2.02. The van der Waals surface area contributed by atoms with E-state index >= 15 is 0 Å². The van der Waals surface area contributed by atoms with Gasteiger partial charge in [-0.1, -0.05) is 12.1 Å². The average Bonchev–Trinajstić information content (AvgIpc) is 2.51. The number of nitrogens with zero attached hydrogens (tertiary/aromatic N) is 2. The Morgan fingerprint density at radius 2 is 2.14 bits per heavy atom. The van der Waals surface area contributed by atoms with Gasteiger partial charge >= 0.3 is 6.18 Å². The zero-order valence-electron chi connectivity index (χ0n) is 7.51. The van der Waals surface area contributed by atoms with Gasteiger partial charge in [0.15, 0.2) is 0 Å². The highest BCUT2D eigenvalue weighted by Gasteiger charge is 2.37. The van der Waals surface area contributed by atoms with Crippen LogP contribution in [-0.4, -0.2) is 16.2 Å². The van der Waals surface area contributed by atoms with E-state index in [4.69, 9.17) is 5.73 Å². The van der Waals surface area contributed by atoms with Crippen molar-refractivity contribution in [3.05, 3.63) is 11.7 Å². The van der Waals surface area contributed by atoms with E-state index in [0.29, 0.717) is 6.42 Å². The quantitative estimate of drug-likeness (QED) is 0.816. The van der Waals surface area contributed by atoms with Crippen molar-refractivity contribution in [2.24, 2.45) is 5.73 Å². The molecule has 14 heavy (non-hydrogen) atoms. The maximum absolute atomic E-state index is 12.0. The smallest absolute Gasteiger partial charge is 0.339 e. The van der Waals surface area contributed by atoms with E-state index in [1.165, 1.54) is 0 Å². The lowest BCUT2D eigenvalue weighted by Crippen LogP contribution is -2.21. The van der Waals surface area contributed by atoms with Gasteiger partial charge in [-0.2, -0.15) is 18.2 Å². The normalized spacial score (nSPS) is 14.4. The van der Waals surface area contributed by atoms with Crippen LogP contribution in [0.2, 0.25) is 0 Å². The number of hydrogen-bond acceptors (Lipinski definition) is 4. The molecule has 1 aromatic rings. The standard InChI is InChI=1S/C7H10F3N3O/c1-2-4(11)3-5-12-6(13-14-5)7(8,9)10/h4H,2-3,11H2,1H3. The Hall–Kier alpha value is -1.11. The summed E-state index contributed by atoms with van der Waals surface area (Å²) < 4.78 is 40.4. The molecule has 2 N–H and O–H groups in total. The Morgan fingerprint density at radius 3 is 2.57 bits per heavy atom. The maximum atomic E-state index is 12.0. The van der Waals surface area contributed by atoms with Crippen molar-refractivity contribution < 1.29 is 17.7 Å². The van der Waals surface area contributed by atoms with E-state index in [9.17, 15) is 13.2 Å². The first kappa shape index (κ1) is 11.0. The Labute approximate surface area is 78.3 Å². The largest absolute Gasteiger partial charge is 0.455 e. The summed E-state index contributed by atoms with van der Waals surface area (Å²) in [6.45, 7) is 1.83. The van der Waals surface area contributed by atoms with Crippen LogP contribution in [0.15, 0.2) is 4.52 Å². The third-order valence-electron chi connectivity index (χ3n) is 1.68.